The van der Waals surface area contributed by atoms with Crippen LogP contribution in [0.2, 0.25) is 0 Å². The van der Waals surface area contributed by atoms with Crippen LogP contribution in [-0.2, 0) is 0 Å². The van der Waals surface area contributed by atoms with Gasteiger partial charge in [0, 0.05) is 0 Å². The fraction of sp³-hybridized carbons (Fsp3) is 0.375. The first kappa shape index (κ1) is 17.6. The van der Waals surface area contributed by atoms with E-state index in [2.05, 4.69) is 24.3 Å². The predicted molar refractivity (Wildman–Crippen MR) is 100.0 cm³/mol. The fourth-order valence-corrected chi connectivity index (χ4v) is 4.02. The standard InChI is InChI=1S/C16H24N4S2/c1-19(2)21-15(17)9-5-13(6-10-15)14-7-11-16(18,12-8-14)22-20(3)4/h5-12H,17-18H2,1-4H3. The largest absolute Gasteiger partial charge is 0.309 e. The second kappa shape index (κ2) is 6.78. The smallest absolute Gasteiger partial charge is 0.115 e. The minimum atomic E-state index is -0.478. The third kappa shape index (κ3) is 4.62. The van der Waals surface area contributed by atoms with E-state index < -0.39 is 9.74 Å². The van der Waals surface area contributed by atoms with E-state index in [9.17, 15) is 0 Å². The Labute approximate surface area is 141 Å². The van der Waals surface area contributed by atoms with Crippen LogP contribution in [0.4, 0.5) is 0 Å². The summed E-state index contributed by atoms with van der Waals surface area (Å²) in [6.45, 7) is 0. The molecular formula is C16H24N4S2. The topological polar surface area (TPSA) is 58.5 Å². The fourth-order valence-electron chi connectivity index (χ4n) is 2.24. The number of hydrogen-bond donors (Lipinski definition) is 2. The Morgan fingerprint density at radius 1 is 0.682 bits per heavy atom. The van der Waals surface area contributed by atoms with Crippen molar-refractivity contribution in [2.45, 2.75) is 9.74 Å². The quantitative estimate of drug-likeness (QED) is 0.607. The molecule has 0 aromatic heterocycles. The Kier molecular flexibility index (Phi) is 5.42. The zero-order valence-corrected chi connectivity index (χ0v) is 15.1. The van der Waals surface area contributed by atoms with Crippen LogP contribution in [0.5, 0.6) is 0 Å². The van der Waals surface area contributed by atoms with Crippen molar-refractivity contribution in [3.05, 3.63) is 59.8 Å². The minimum Gasteiger partial charge on any atom is -0.309 e. The van der Waals surface area contributed by atoms with Crippen LogP contribution < -0.4 is 11.5 Å². The summed E-state index contributed by atoms with van der Waals surface area (Å²) in [4.78, 5) is -0.956. The van der Waals surface area contributed by atoms with Gasteiger partial charge in [-0.3, -0.25) is 8.61 Å². The second-order valence-electron chi connectivity index (χ2n) is 5.76. The summed E-state index contributed by atoms with van der Waals surface area (Å²) in [7, 11) is 7.96. The highest BCUT2D eigenvalue weighted by molar-refractivity contribution is 7.98. The molecule has 120 valence electrons. The van der Waals surface area contributed by atoms with Gasteiger partial charge in [-0.25, -0.2) is 0 Å². The molecule has 22 heavy (non-hydrogen) atoms. The molecule has 2 rings (SSSR count). The van der Waals surface area contributed by atoms with Crippen LogP contribution >= 0.6 is 23.9 Å². The Morgan fingerprint density at radius 3 is 1.18 bits per heavy atom. The lowest BCUT2D eigenvalue weighted by molar-refractivity contribution is 0.685. The molecule has 0 aromatic rings. The molecule has 0 radical (unpaired) electrons. The van der Waals surface area contributed by atoms with Crippen LogP contribution in [0.1, 0.15) is 0 Å². The number of nitrogens with two attached hydrogens (primary N) is 2. The van der Waals surface area contributed by atoms with Gasteiger partial charge in [0.25, 0.3) is 0 Å². The van der Waals surface area contributed by atoms with Crippen molar-refractivity contribution in [2.75, 3.05) is 28.2 Å². The van der Waals surface area contributed by atoms with Crippen molar-refractivity contribution in [3.8, 4) is 0 Å². The van der Waals surface area contributed by atoms with E-state index in [4.69, 9.17) is 11.5 Å². The lowest BCUT2D eigenvalue weighted by Crippen LogP contribution is -2.36. The SMILES string of the molecule is CN(C)SC1(N)C=CC(=C2C=CC(N)(SN(C)C)C=C2)C=C1. The molecule has 0 bridgehead atoms. The molecule has 0 saturated heterocycles. The van der Waals surface area contributed by atoms with Gasteiger partial charge in [0.1, 0.15) is 9.74 Å². The molecule has 6 heteroatoms. The van der Waals surface area contributed by atoms with Gasteiger partial charge in [-0.15, -0.1) is 0 Å². The summed E-state index contributed by atoms with van der Waals surface area (Å²) in [6, 6.07) is 0. The van der Waals surface area contributed by atoms with Gasteiger partial charge < -0.3 is 11.5 Å². The van der Waals surface area contributed by atoms with E-state index in [1.807, 2.05) is 61.1 Å². The highest BCUT2D eigenvalue weighted by atomic mass is 32.2. The van der Waals surface area contributed by atoms with Gasteiger partial charge in [0.15, 0.2) is 0 Å². The molecule has 0 aliphatic heterocycles. The van der Waals surface area contributed by atoms with Crippen LogP contribution in [-0.4, -0.2) is 46.5 Å². The predicted octanol–water partition coefficient (Wildman–Crippen LogP) is 2.26. The maximum atomic E-state index is 6.31. The van der Waals surface area contributed by atoms with Crippen LogP contribution in [0.3, 0.4) is 0 Å². The molecule has 2 aliphatic rings. The number of rotatable bonds is 4. The van der Waals surface area contributed by atoms with E-state index >= 15 is 0 Å². The van der Waals surface area contributed by atoms with E-state index in [1.54, 1.807) is 23.9 Å². The van der Waals surface area contributed by atoms with E-state index in [0.717, 1.165) is 11.1 Å². The van der Waals surface area contributed by atoms with Crippen molar-refractivity contribution in [2.24, 2.45) is 11.5 Å². The highest BCUT2D eigenvalue weighted by Gasteiger charge is 2.25. The molecule has 4 nitrogen and oxygen atoms in total. The molecule has 0 heterocycles. The van der Waals surface area contributed by atoms with Crippen LogP contribution in [0, 0.1) is 0 Å². The molecule has 0 aromatic carbocycles. The molecule has 0 spiro atoms. The molecular weight excluding hydrogens is 312 g/mol. The van der Waals surface area contributed by atoms with Crippen molar-refractivity contribution < 1.29 is 0 Å². The third-order valence-electron chi connectivity index (χ3n) is 3.11. The summed E-state index contributed by atoms with van der Waals surface area (Å²) in [6.07, 6.45) is 16.4. The second-order valence-corrected chi connectivity index (χ2v) is 9.00. The zero-order chi connectivity index (χ0) is 16.4. The first-order valence-electron chi connectivity index (χ1n) is 7.03. The minimum absolute atomic E-state index is 0.478. The zero-order valence-electron chi connectivity index (χ0n) is 13.5. The molecule has 0 atom stereocenters. The summed E-state index contributed by atoms with van der Waals surface area (Å²) in [5, 5.41) is 0. The lowest BCUT2D eigenvalue weighted by atomic mass is 9.97. The van der Waals surface area contributed by atoms with Gasteiger partial charge >= 0.3 is 0 Å². The first-order chi connectivity index (χ1) is 10.2. The monoisotopic (exact) mass is 336 g/mol. The van der Waals surface area contributed by atoms with Gasteiger partial charge in [0.2, 0.25) is 0 Å². The molecule has 0 amide bonds. The summed E-state index contributed by atoms with van der Waals surface area (Å²) < 4.78 is 4.02. The summed E-state index contributed by atoms with van der Waals surface area (Å²) in [5.74, 6) is 0. The highest BCUT2D eigenvalue weighted by Crippen LogP contribution is 2.33. The average Bonchev–Trinajstić information content (AvgIpc) is 2.38. The van der Waals surface area contributed by atoms with E-state index in [0.29, 0.717) is 0 Å². The average molecular weight is 337 g/mol. The van der Waals surface area contributed by atoms with Crippen LogP contribution in [0.15, 0.2) is 59.8 Å². The lowest BCUT2D eigenvalue weighted by Gasteiger charge is -2.29. The molecule has 0 saturated carbocycles. The number of nitrogens with zero attached hydrogens (tertiary/aromatic N) is 2. The van der Waals surface area contributed by atoms with Crippen molar-refractivity contribution in [1.29, 1.82) is 0 Å². The summed E-state index contributed by atoms with van der Waals surface area (Å²) >= 11 is 3.17. The van der Waals surface area contributed by atoms with E-state index in [1.165, 1.54) is 0 Å². The number of hydrogen-bond acceptors (Lipinski definition) is 6. The van der Waals surface area contributed by atoms with Gasteiger partial charge in [0.05, 0.1) is 0 Å². The maximum absolute atomic E-state index is 6.31. The first-order valence-corrected chi connectivity index (χ1v) is 8.58. The third-order valence-corrected chi connectivity index (χ3v) is 5.02. The Morgan fingerprint density at radius 2 is 0.955 bits per heavy atom. The van der Waals surface area contributed by atoms with Crippen LogP contribution in [0.25, 0.3) is 0 Å². The Bertz CT molecular complexity index is 489. The maximum Gasteiger partial charge on any atom is 0.115 e. The Balaban J connectivity index is 2.13. The van der Waals surface area contributed by atoms with Gasteiger partial charge in [-0.2, -0.15) is 0 Å². The molecule has 0 fully saturated rings. The van der Waals surface area contributed by atoms with Crippen molar-refractivity contribution in [1.82, 2.24) is 8.61 Å². The van der Waals surface area contributed by atoms with Gasteiger partial charge in [-0.1, -0.05) is 24.3 Å². The normalized spacial score (nSPS) is 30.9. The van der Waals surface area contributed by atoms with E-state index in [-0.39, 0.29) is 0 Å². The molecule has 2 aliphatic carbocycles. The summed E-state index contributed by atoms with van der Waals surface area (Å²) in [5.41, 5.74) is 14.9. The van der Waals surface area contributed by atoms with Gasteiger partial charge in [-0.05, 0) is 87.5 Å². The molecule has 0 unspecified atom stereocenters. The molecule has 4 N–H and O–H groups in total. The Hall–Kier alpha value is -0.760. The van der Waals surface area contributed by atoms with Crippen molar-refractivity contribution in [3.63, 3.8) is 0 Å². The van der Waals surface area contributed by atoms with Crippen molar-refractivity contribution >= 4 is 23.9 Å². The number of allylic oxidation sites excluding steroid dienone is 6.